The van der Waals surface area contributed by atoms with Gasteiger partial charge in [0.15, 0.2) is 0 Å². The van der Waals surface area contributed by atoms with Crippen LogP contribution in [0, 0.1) is 5.92 Å². The Morgan fingerprint density at radius 1 is 1.33 bits per heavy atom. The molecule has 0 saturated carbocycles. The van der Waals surface area contributed by atoms with Crippen molar-refractivity contribution in [3.8, 4) is 0 Å². The van der Waals surface area contributed by atoms with Crippen LogP contribution in [0.1, 0.15) is 32.2 Å². The average Bonchev–Trinajstić information content (AvgIpc) is 2.29. The summed E-state index contributed by atoms with van der Waals surface area (Å²) in [5.74, 6) is 0.656. The van der Waals surface area contributed by atoms with Crippen molar-refractivity contribution in [2.24, 2.45) is 5.92 Å². The highest BCUT2D eigenvalue weighted by Gasteiger charge is 2.09. The summed E-state index contributed by atoms with van der Waals surface area (Å²) in [7, 11) is 0. The first-order chi connectivity index (χ1) is 5.63. The van der Waals surface area contributed by atoms with E-state index in [0.29, 0.717) is 5.92 Å². The minimum Gasteiger partial charge on any atom is -0.148 e. The van der Waals surface area contributed by atoms with Crippen molar-refractivity contribution < 1.29 is 0 Å². The molecule has 0 bridgehead atoms. The monoisotopic (exact) mass is 279 g/mol. The Morgan fingerprint density at radius 3 is 2.42 bits per heavy atom. The maximum atomic E-state index is 4.31. The van der Waals surface area contributed by atoms with Gasteiger partial charge in [0.05, 0.1) is 11.4 Å². The van der Waals surface area contributed by atoms with Gasteiger partial charge in [-0.25, -0.2) is 0 Å². The van der Waals surface area contributed by atoms with Crippen LogP contribution >= 0.6 is 22.9 Å². The molecule has 0 atom stereocenters. The first kappa shape index (κ1) is 9.95. The van der Waals surface area contributed by atoms with Crippen molar-refractivity contribution in [3.63, 3.8) is 0 Å². The molecule has 1 rings (SSSR count). The molecular formula is C8H14IN3. The number of nitrogens with zero attached hydrogens (tertiary/aromatic N) is 3. The van der Waals surface area contributed by atoms with Gasteiger partial charge in [0.1, 0.15) is 22.9 Å². The Morgan fingerprint density at radius 2 is 1.92 bits per heavy atom. The highest BCUT2D eigenvalue weighted by Crippen LogP contribution is 2.10. The minimum absolute atomic E-state index is 0.656. The number of hydrogen-bond donors (Lipinski definition) is 0. The Hall–Kier alpha value is -0.130. The van der Waals surface area contributed by atoms with Crippen molar-refractivity contribution in [3.05, 3.63) is 11.4 Å². The van der Waals surface area contributed by atoms with Gasteiger partial charge in [-0.1, -0.05) is 20.8 Å². The fourth-order valence-electron chi connectivity index (χ4n) is 1.16. The third-order valence-electron chi connectivity index (χ3n) is 1.68. The quantitative estimate of drug-likeness (QED) is 0.794. The molecule has 0 aliphatic carbocycles. The molecule has 0 aliphatic rings. The van der Waals surface area contributed by atoms with E-state index in [1.807, 2.05) is 0 Å². The number of hydrogen-bond acceptors (Lipinski definition) is 2. The molecule has 0 N–H and O–H groups in total. The van der Waals surface area contributed by atoms with E-state index >= 15 is 0 Å². The lowest BCUT2D eigenvalue weighted by atomic mass is 10.1. The molecule has 0 aliphatic heterocycles. The standard InChI is InChI=1S/C8H14IN3/c1-4-7-8(5-6(2)3)11-12(9)10-7/h6H,4-5H2,1-3H3. The normalized spacial score (nSPS) is 11.1. The Bertz CT molecular complexity index is 255. The maximum Gasteiger partial charge on any atom is 0.111 e. The first-order valence-electron chi connectivity index (χ1n) is 4.24. The lowest BCUT2D eigenvalue weighted by Crippen LogP contribution is -1.98. The van der Waals surface area contributed by atoms with Crippen LogP contribution in [0.25, 0.3) is 0 Å². The molecule has 1 aromatic heterocycles. The molecule has 0 saturated heterocycles. The molecular weight excluding hydrogens is 265 g/mol. The Kier molecular flexibility index (Phi) is 3.49. The summed E-state index contributed by atoms with van der Waals surface area (Å²) in [5.41, 5.74) is 2.29. The number of rotatable bonds is 3. The van der Waals surface area contributed by atoms with E-state index in [0.717, 1.165) is 24.2 Å². The molecule has 1 heterocycles. The van der Waals surface area contributed by atoms with Crippen LogP contribution in [0.2, 0.25) is 0 Å². The second kappa shape index (κ2) is 4.20. The van der Waals surface area contributed by atoms with E-state index in [9.17, 15) is 0 Å². The third kappa shape index (κ3) is 2.43. The highest BCUT2D eigenvalue weighted by atomic mass is 127. The van der Waals surface area contributed by atoms with Crippen LogP contribution in [0.15, 0.2) is 0 Å². The van der Waals surface area contributed by atoms with E-state index in [1.54, 1.807) is 3.01 Å². The zero-order chi connectivity index (χ0) is 9.14. The molecule has 0 spiro atoms. The van der Waals surface area contributed by atoms with E-state index in [4.69, 9.17) is 0 Å². The van der Waals surface area contributed by atoms with E-state index in [1.165, 1.54) is 0 Å². The average molecular weight is 279 g/mol. The molecule has 0 unspecified atom stereocenters. The SMILES string of the molecule is CCc1nn(I)nc1CC(C)C. The predicted octanol–water partition coefficient (Wildman–Crippen LogP) is 2.24. The second-order valence-corrected chi connectivity index (χ2v) is 4.15. The summed E-state index contributed by atoms with van der Waals surface area (Å²) in [5, 5.41) is 8.59. The minimum atomic E-state index is 0.656. The molecule has 4 heteroatoms. The van der Waals surface area contributed by atoms with Crippen LogP contribution in [0.3, 0.4) is 0 Å². The number of aryl methyl sites for hydroxylation is 1. The summed E-state index contributed by atoms with van der Waals surface area (Å²) in [4.78, 5) is 0. The van der Waals surface area contributed by atoms with Gasteiger partial charge in [-0.05, 0) is 18.8 Å². The molecule has 1 aromatic rings. The van der Waals surface area contributed by atoms with Gasteiger partial charge >= 0.3 is 0 Å². The zero-order valence-corrected chi connectivity index (χ0v) is 9.87. The maximum absolute atomic E-state index is 4.31. The van der Waals surface area contributed by atoms with Crippen LogP contribution < -0.4 is 0 Å². The lowest BCUT2D eigenvalue weighted by Gasteiger charge is -2.00. The molecule has 68 valence electrons. The molecule has 0 radical (unpaired) electrons. The smallest absolute Gasteiger partial charge is 0.111 e. The van der Waals surface area contributed by atoms with E-state index in [-0.39, 0.29) is 0 Å². The molecule has 3 nitrogen and oxygen atoms in total. The van der Waals surface area contributed by atoms with Crippen LogP contribution in [-0.2, 0) is 12.8 Å². The van der Waals surface area contributed by atoms with Crippen molar-refractivity contribution >= 4 is 22.9 Å². The van der Waals surface area contributed by atoms with Gasteiger partial charge in [-0.15, -0.1) is 13.2 Å². The summed E-state index contributed by atoms with van der Waals surface area (Å²) >= 11 is 2.09. The summed E-state index contributed by atoms with van der Waals surface area (Å²) in [6.45, 7) is 6.52. The number of halogens is 1. The predicted molar refractivity (Wildman–Crippen MR) is 57.4 cm³/mol. The van der Waals surface area contributed by atoms with Crippen molar-refractivity contribution in [2.45, 2.75) is 33.6 Å². The topological polar surface area (TPSA) is 30.7 Å². The van der Waals surface area contributed by atoms with Gasteiger partial charge < -0.3 is 0 Å². The fourth-order valence-corrected chi connectivity index (χ4v) is 1.68. The fraction of sp³-hybridized carbons (Fsp3) is 0.750. The first-order valence-corrected chi connectivity index (χ1v) is 5.21. The van der Waals surface area contributed by atoms with Crippen molar-refractivity contribution in [1.29, 1.82) is 0 Å². The molecule has 0 amide bonds. The summed E-state index contributed by atoms with van der Waals surface area (Å²) in [6.07, 6.45) is 2.01. The van der Waals surface area contributed by atoms with Crippen molar-refractivity contribution in [1.82, 2.24) is 13.2 Å². The van der Waals surface area contributed by atoms with Gasteiger partial charge in [-0.3, -0.25) is 0 Å². The van der Waals surface area contributed by atoms with Crippen LogP contribution in [0.4, 0.5) is 0 Å². The highest BCUT2D eigenvalue weighted by molar-refractivity contribution is 14.1. The largest absolute Gasteiger partial charge is 0.148 e. The van der Waals surface area contributed by atoms with Gasteiger partial charge in [0.2, 0.25) is 0 Å². The molecule has 0 fully saturated rings. The van der Waals surface area contributed by atoms with Crippen LogP contribution in [0.5, 0.6) is 0 Å². The van der Waals surface area contributed by atoms with Gasteiger partial charge in [0, 0.05) is 0 Å². The zero-order valence-electron chi connectivity index (χ0n) is 7.71. The molecule has 0 aromatic carbocycles. The van der Waals surface area contributed by atoms with Crippen LogP contribution in [-0.4, -0.2) is 13.2 Å². The lowest BCUT2D eigenvalue weighted by molar-refractivity contribution is 0.629. The Labute approximate surface area is 87.0 Å². The van der Waals surface area contributed by atoms with Gasteiger partial charge in [0.25, 0.3) is 0 Å². The van der Waals surface area contributed by atoms with Gasteiger partial charge in [-0.2, -0.15) is 0 Å². The molecule has 12 heavy (non-hydrogen) atoms. The van der Waals surface area contributed by atoms with E-state index in [2.05, 4.69) is 53.8 Å². The summed E-state index contributed by atoms with van der Waals surface area (Å²) in [6, 6.07) is 0. The summed E-state index contributed by atoms with van der Waals surface area (Å²) < 4.78 is 1.63. The van der Waals surface area contributed by atoms with E-state index < -0.39 is 0 Å². The number of aromatic nitrogens is 3. The Balaban J connectivity index is 2.81. The third-order valence-corrected chi connectivity index (χ3v) is 2.11. The van der Waals surface area contributed by atoms with Crippen molar-refractivity contribution in [2.75, 3.05) is 0 Å². The second-order valence-electron chi connectivity index (χ2n) is 3.29.